The SMILES string of the molecule is C[C@@H](C(=O)OCc1ccc(Cl)c(Cl)c1)N1C(=O)[C@H]2CC=CC[C@H]2C1=O. The number of esters is 1. The van der Waals surface area contributed by atoms with Crippen molar-refractivity contribution in [2.75, 3.05) is 0 Å². The molecule has 3 atom stereocenters. The number of benzene rings is 1. The van der Waals surface area contributed by atoms with E-state index in [1.54, 1.807) is 18.2 Å². The summed E-state index contributed by atoms with van der Waals surface area (Å²) in [6, 6.07) is 3.96. The van der Waals surface area contributed by atoms with E-state index in [0.717, 1.165) is 4.90 Å². The molecular formula is C18H17Cl2NO4. The molecule has 0 bridgehead atoms. The van der Waals surface area contributed by atoms with Gasteiger partial charge in [-0.15, -0.1) is 0 Å². The Morgan fingerprint density at radius 3 is 2.32 bits per heavy atom. The molecule has 2 amide bonds. The molecule has 1 aliphatic carbocycles. The maximum atomic E-state index is 12.5. The van der Waals surface area contributed by atoms with Crippen LogP contribution in [-0.2, 0) is 25.7 Å². The smallest absolute Gasteiger partial charge is 0.329 e. The lowest BCUT2D eigenvalue weighted by Gasteiger charge is -2.21. The number of carbonyl (C=O) groups is 3. The summed E-state index contributed by atoms with van der Waals surface area (Å²) in [4.78, 5) is 38.3. The van der Waals surface area contributed by atoms with Gasteiger partial charge in [0.05, 0.1) is 21.9 Å². The van der Waals surface area contributed by atoms with Crippen LogP contribution >= 0.6 is 23.2 Å². The minimum absolute atomic E-state index is 0.00923. The van der Waals surface area contributed by atoms with Crippen LogP contribution in [0.5, 0.6) is 0 Å². The summed E-state index contributed by atoms with van der Waals surface area (Å²) < 4.78 is 5.24. The Hall–Kier alpha value is -1.85. The number of imide groups is 1. The van der Waals surface area contributed by atoms with Crippen molar-refractivity contribution in [1.82, 2.24) is 4.90 Å². The Balaban J connectivity index is 1.65. The Kier molecular flexibility index (Phi) is 5.16. The van der Waals surface area contributed by atoms with Crippen LogP contribution in [0, 0.1) is 11.8 Å². The summed E-state index contributed by atoms with van der Waals surface area (Å²) in [5, 5.41) is 0.777. The van der Waals surface area contributed by atoms with Gasteiger partial charge in [-0.2, -0.15) is 0 Å². The standard InChI is InChI=1S/C18H17Cl2NO4/c1-10(18(24)25-9-11-6-7-14(19)15(20)8-11)21-16(22)12-4-2-3-5-13(12)17(21)23/h2-3,6-8,10,12-13H,4-5,9H2,1H3/t10-,12-,13+/m0/s1. The van der Waals surface area contributed by atoms with Gasteiger partial charge in [0.15, 0.2) is 0 Å². The highest BCUT2D eigenvalue weighted by molar-refractivity contribution is 6.42. The van der Waals surface area contributed by atoms with Gasteiger partial charge in [-0.3, -0.25) is 14.5 Å². The van der Waals surface area contributed by atoms with E-state index in [0.29, 0.717) is 28.5 Å². The van der Waals surface area contributed by atoms with Crippen molar-refractivity contribution in [1.29, 1.82) is 0 Å². The Morgan fingerprint density at radius 2 is 1.76 bits per heavy atom. The zero-order valence-corrected chi connectivity index (χ0v) is 15.1. The Labute approximate surface area is 155 Å². The number of nitrogens with zero attached hydrogens (tertiary/aromatic N) is 1. The Bertz CT molecular complexity index is 735. The lowest BCUT2D eigenvalue weighted by Crippen LogP contribution is -2.44. The third-order valence-electron chi connectivity index (χ3n) is 4.64. The first-order chi connectivity index (χ1) is 11.9. The fourth-order valence-corrected chi connectivity index (χ4v) is 3.54. The van der Waals surface area contributed by atoms with E-state index >= 15 is 0 Å². The van der Waals surface area contributed by atoms with Crippen LogP contribution in [0.3, 0.4) is 0 Å². The first-order valence-corrected chi connectivity index (χ1v) is 8.78. The van der Waals surface area contributed by atoms with E-state index in [9.17, 15) is 14.4 Å². The number of amides is 2. The van der Waals surface area contributed by atoms with Gasteiger partial charge in [0.1, 0.15) is 12.6 Å². The molecule has 1 heterocycles. The number of allylic oxidation sites excluding steroid dienone is 2. The molecule has 0 radical (unpaired) electrons. The molecule has 0 unspecified atom stereocenters. The van der Waals surface area contributed by atoms with Gasteiger partial charge in [-0.25, -0.2) is 4.79 Å². The predicted molar refractivity (Wildman–Crippen MR) is 92.9 cm³/mol. The molecule has 1 aliphatic heterocycles. The lowest BCUT2D eigenvalue weighted by molar-refractivity contribution is -0.159. The number of carbonyl (C=O) groups excluding carboxylic acids is 3. The maximum Gasteiger partial charge on any atom is 0.329 e. The third-order valence-corrected chi connectivity index (χ3v) is 5.37. The van der Waals surface area contributed by atoms with Crippen LogP contribution in [0.1, 0.15) is 25.3 Å². The summed E-state index contributed by atoms with van der Waals surface area (Å²) in [7, 11) is 0. The molecule has 1 fully saturated rings. The van der Waals surface area contributed by atoms with Crippen molar-refractivity contribution in [3.05, 3.63) is 46.0 Å². The number of hydrogen-bond donors (Lipinski definition) is 0. The predicted octanol–water partition coefficient (Wildman–Crippen LogP) is 3.38. The third kappa shape index (κ3) is 3.44. The summed E-state index contributed by atoms with van der Waals surface area (Å²) in [5.41, 5.74) is 0.673. The second-order valence-electron chi connectivity index (χ2n) is 6.23. The largest absolute Gasteiger partial charge is 0.459 e. The van der Waals surface area contributed by atoms with Gasteiger partial charge < -0.3 is 4.74 Å². The lowest BCUT2D eigenvalue weighted by atomic mass is 9.85. The molecule has 25 heavy (non-hydrogen) atoms. The normalized spacial score (nSPS) is 23.6. The van der Waals surface area contributed by atoms with E-state index in [2.05, 4.69) is 0 Å². The van der Waals surface area contributed by atoms with Crippen molar-refractivity contribution in [3.8, 4) is 0 Å². The number of ether oxygens (including phenoxy) is 1. The van der Waals surface area contributed by atoms with Gasteiger partial charge in [-0.05, 0) is 37.5 Å². The first kappa shape index (κ1) is 18.0. The minimum Gasteiger partial charge on any atom is -0.459 e. The minimum atomic E-state index is -0.951. The van der Waals surface area contributed by atoms with Crippen LogP contribution in [0.2, 0.25) is 10.0 Å². The topological polar surface area (TPSA) is 63.7 Å². The summed E-state index contributed by atoms with van der Waals surface area (Å²) in [6.07, 6.45) is 4.89. The molecule has 2 aliphatic rings. The number of likely N-dealkylation sites (tertiary alicyclic amines) is 1. The van der Waals surface area contributed by atoms with Gasteiger partial charge in [0, 0.05) is 0 Å². The molecule has 1 aromatic carbocycles. The van der Waals surface area contributed by atoms with Gasteiger partial charge in [0.25, 0.3) is 0 Å². The van der Waals surface area contributed by atoms with Gasteiger partial charge >= 0.3 is 5.97 Å². The number of hydrogen-bond acceptors (Lipinski definition) is 4. The van der Waals surface area contributed by atoms with Crippen LogP contribution < -0.4 is 0 Å². The van der Waals surface area contributed by atoms with Crippen molar-refractivity contribution in [2.45, 2.75) is 32.4 Å². The van der Waals surface area contributed by atoms with E-state index in [4.69, 9.17) is 27.9 Å². The first-order valence-electron chi connectivity index (χ1n) is 8.02. The fraction of sp³-hybridized carbons (Fsp3) is 0.389. The zero-order chi connectivity index (χ0) is 18.1. The second-order valence-corrected chi connectivity index (χ2v) is 7.05. The molecule has 0 saturated carbocycles. The van der Waals surface area contributed by atoms with Crippen LogP contribution in [0.15, 0.2) is 30.4 Å². The molecule has 132 valence electrons. The number of fused-ring (bicyclic) bond motifs is 1. The summed E-state index contributed by atoms with van der Waals surface area (Å²) >= 11 is 11.8. The molecule has 0 N–H and O–H groups in total. The second kappa shape index (κ2) is 7.18. The van der Waals surface area contributed by atoms with Crippen molar-refractivity contribution < 1.29 is 19.1 Å². The van der Waals surface area contributed by atoms with Gasteiger partial charge in [0.2, 0.25) is 11.8 Å². The number of rotatable bonds is 4. The highest BCUT2D eigenvalue weighted by atomic mass is 35.5. The van der Waals surface area contributed by atoms with E-state index in [-0.39, 0.29) is 30.3 Å². The molecule has 0 aromatic heterocycles. The quantitative estimate of drug-likeness (QED) is 0.455. The molecule has 1 saturated heterocycles. The highest BCUT2D eigenvalue weighted by Gasteiger charge is 2.50. The van der Waals surface area contributed by atoms with E-state index in [1.807, 2.05) is 12.2 Å². The fourth-order valence-electron chi connectivity index (χ4n) is 3.22. The summed E-state index contributed by atoms with van der Waals surface area (Å²) in [6.45, 7) is 1.50. The zero-order valence-electron chi connectivity index (χ0n) is 13.6. The molecule has 7 heteroatoms. The molecule has 3 rings (SSSR count). The number of halogens is 2. The molecular weight excluding hydrogens is 365 g/mol. The van der Waals surface area contributed by atoms with Crippen LogP contribution in [0.25, 0.3) is 0 Å². The molecule has 1 aromatic rings. The van der Waals surface area contributed by atoms with Crippen molar-refractivity contribution >= 4 is 41.0 Å². The van der Waals surface area contributed by atoms with Crippen molar-refractivity contribution in [3.63, 3.8) is 0 Å². The van der Waals surface area contributed by atoms with Crippen molar-refractivity contribution in [2.24, 2.45) is 11.8 Å². The van der Waals surface area contributed by atoms with Gasteiger partial charge in [-0.1, -0.05) is 41.4 Å². The van der Waals surface area contributed by atoms with Crippen LogP contribution in [0.4, 0.5) is 0 Å². The summed E-state index contributed by atoms with van der Waals surface area (Å²) in [5.74, 6) is -1.93. The van der Waals surface area contributed by atoms with Crippen LogP contribution in [-0.4, -0.2) is 28.7 Å². The molecule has 5 nitrogen and oxygen atoms in total. The molecule has 0 spiro atoms. The monoisotopic (exact) mass is 381 g/mol. The van der Waals surface area contributed by atoms with E-state index in [1.165, 1.54) is 6.92 Å². The van der Waals surface area contributed by atoms with E-state index < -0.39 is 12.0 Å². The Morgan fingerprint density at radius 1 is 1.16 bits per heavy atom. The average molecular weight is 382 g/mol. The highest BCUT2D eigenvalue weighted by Crippen LogP contribution is 2.36. The average Bonchev–Trinajstić information content (AvgIpc) is 2.86. The maximum absolute atomic E-state index is 12.5.